The van der Waals surface area contributed by atoms with E-state index >= 15 is 0 Å². The first kappa shape index (κ1) is 12.6. The summed E-state index contributed by atoms with van der Waals surface area (Å²) in [6.07, 6.45) is 0. The minimum atomic E-state index is -0.250. The van der Waals surface area contributed by atoms with Crippen molar-refractivity contribution in [1.82, 2.24) is 9.78 Å². The monoisotopic (exact) mass is 247 g/mol. The Morgan fingerprint density at radius 2 is 1.94 bits per heavy atom. The molecule has 0 atom stereocenters. The third-order valence-electron chi connectivity index (χ3n) is 2.97. The van der Waals surface area contributed by atoms with Crippen molar-refractivity contribution in [2.24, 2.45) is 0 Å². The number of nitrogens with two attached hydrogens (primary N) is 1. The Bertz CT molecular complexity index is 579. The Morgan fingerprint density at radius 1 is 1.28 bits per heavy atom. The SMILES string of the molecule is Cc1c(F)cccc1-n1nc(C(C)(C)C)cc1N. The van der Waals surface area contributed by atoms with Gasteiger partial charge in [0.1, 0.15) is 11.6 Å². The lowest BCUT2D eigenvalue weighted by Crippen LogP contribution is -2.13. The maximum absolute atomic E-state index is 13.6. The molecule has 3 nitrogen and oxygen atoms in total. The van der Waals surface area contributed by atoms with Gasteiger partial charge < -0.3 is 5.73 Å². The maximum atomic E-state index is 13.6. The van der Waals surface area contributed by atoms with Gasteiger partial charge in [-0.1, -0.05) is 26.8 Å². The number of anilines is 1. The Morgan fingerprint density at radius 3 is 2.50 bits per heavy atom. The van der Waals surface area contributed by atoms with Crippen LogP contribution in [0, 0.1) is 12.7 Å². The van der Waals surface area contributed by atoms with Gasteiger partial charge in [-0.3, -0.25) is 0 Å². The van der Waals surface area contributed by atoms with Crippen LogP contribution in [0.15, 0.2) is 24.3 Å². The van der Waals surface area contributed by atoms with Crippen LogP contribution in [0.2, 0.25) is 0 Å². The summed E-state index contributed by atoms with van der Waals surface area (Å²) in [5.74, 6) is 0.272. The Balaban J connectivity index is 2.58. The molecule has 1 aromatic heterocycles. The number of benzene rings is 1. The highest BCUT2D eigenvalue weighted by molar-refractivity contribution is 5.48. The molecule has 0 bridgehead atoms. The summed E-state index contributed by atoms with van der Waals surface area (Å²) in [7, 11) is 0. The van der Waals surface area contributed by atoms with Gasteiger partial charge in [0.05, 0.1) is 11.4 Å². The fraction of sp³-hybridized carbons (Fsp3) is 0.357. The molecule has 1 heterocycles. The smallest absolute Gasteiger partial charge is 0.128 e. The zero-order chi connectivity index (χ0) is 13.5. The molecule has 0 fully saturated rings. The van der Waals surface area contributed by atoms with E-state index in [1.807, 2.05) is 12.1 Å². The van der Waals surface area contributed by atoms with Gasteiger partial charge in [0.2, 0.25) is 0 Å². The molecule has 4 heteroatoms. The van der Waals surface area contributed by atoms with Crippen molar-refractivity contribution >= 4 is 5.82 Å². The van der Waals surface area contributed by atoms with Gasteiger partial charge in [0.15, 0.2) is 0 Å². The van der Waals surface area contributed by atoms with E-state index in [0.29, 0.717) is 17.1 Å². The van der Waals surface area contributed by atoms with Gasteiger partial charge >= 0.3 is 0 Å². The van der Waals surface area contributed by atoms with E-state index in [4.69, 9.17) is 5.73 Å². The molecule has 1 aromatic carbocycles. The van der Waals surface area contributed by atoms with E-state index in [-0.39, 0.29) is 11.2 Å². The standard InChI is InChI=1S/C14H18FN3/c1-9-10(15)6-5-7-11(9)18-13(16)8-12(17-18)14(2,3)4/h5-8H,16H2,1-4H3. The molecule has 18 heavy (non-hydrogen) atoms. The second-order valence-electron chi connectivity index (χ2n) is 5.50. The Hall–Kier alpha value is -1.84. The van der Waals surface area contributed by atoms with Crippen molar-refractivity contribution in [3.8, 4) is 5.69 Å². The molecule has 0 unspecified atom stereocenters. The molecule has 0 saturated heterocycles. The van der Waals surface area contributed by atoms with Gasteiger partial charge in [0.25, 0.3) is 0 Å². The largest absolute Gasteiger partial charge is 0.384 e. The predicted molar refractivity (Wildman–Crippen MR) is 71.4 cm³/mol. The number of nitrogens with zero attached hydrogens (tertiary/aromatic N) is 2. The Kier molecular flexibility index (Phi) is 2.89. The molecule has 2 aromatic rings. The van der Waals surface area contributed by atoms with Gasteiger partial charge in [-0.05, 0) is 19.1 Å². The first-order valence-electron chi connectivity index (χ1n) is 5.92. The van der Waals surface area contributed by atoms with Gasteiger partial charge in [-0.15, -0.1) is 0 Å². The first-order chi connectivity index (χ1) is 8.30. The van der Waals surface area contributed by atoms with E-state index in [0.717, 1.165) is 5.69 Å². The minimum absolute atomic E-state index is 0.0827. The number of halogens is 1. The summed E-state index contributed by atoms with van der Waals surface area (Å²) in [5.41, 5.74) is 8.01. The summed E-state index contributed by atoms with van der Waals surface area (Å²) in [4.78, 5) is 0. The lowest BCUT2D eigenvalue weighted by atomic mass is 9.92. The molecule has 0 aliphatic carbocycles. The average Bonchev–Trinajstić information content (AvgIpc) is 2.64. The molecule has 2 rings (SSSR count). The second kappa shape index (κ2) is 4.12. The molecule has 0 amide bonds. The van der Waals surface area contributed by atoms with E-state index in [1.165, 1.54) is 6.07 Å². The molecular formula is C14H18FN3. The third-order valence-corrected chi connectivity index (χ3v) is 2.97. The third kappa shape index (κ3) is 2.10. The topological polar surface area (TPSA) is 43.8 Å². The number of hydrogen-bond acceptors (Lipinski definition) is 2. The molecule has 0 aliphatic heterocycles. The summed E-state index contributed by atoms with van der Waals surface area (Å²) in [6.45, 7) is 7.93. The van der Waals surface area contributed by atoms with Crippen LogP contribution in [-0.2, 0) is 5.41 Å². The number of aromatic nitrogens is 2. The number of nitrogen functional groups attached to an aromatic ring is 1. The van der Waals surface area contributed by atoms with Crippen LogP contribution in [0.1, 0.15) is 32.0 Å². The normalized spacial score (nSPS) is 11.8. The highest BCUT2D eigenvalue weighted by atomic mass is 19.1. The fourth-order valence-corrected chi connectivity index (χ4v) is 1.78. The molecule has 2 N–H and O–H groups in total. The molecule has 0 saturated carbocycles. The highest BCUT2D eigenvalue weighted by Gasteiger charge is 2.20. The van der Waals surface area contributed by atoms with Gasteiger partial charge in [-0.25, -0.2) is 9.07 Å². The molecule has 0 spiro atoms. The summed E-state index contributed by atoms with van der Waals surface area (Å²) in [6, 6.07) is 6.75. The predicted octanol–water partition coefficient (Wildman–Crippen LogP) is 3.20. The van der Waals surface area contributed by atoms with Crippen LogP contribution in [0.25, 0.3) is 5.69 Å². The molecule has 0 aliphatic rings. The fourth-order valence-electron chi connectivity index (χ4n) is 1.78. The van der Waals surface area contributed by atoms with Crippen molar-refractivity contribution in [2.75, 3.05) is 5.73 Å². The van der Waals surface area contributed by atoms with Crippen LogP contribution < -0.4 is 5.73 Å². The number of rotatable bonds is 1. The van der Waals surface area contributed by atoms with Crippen LogP contribution in [0.5, 0.6) is 0 Å². The minimum Gasteiger partial charge on any atom is -0.384 e. The quantitative estimate of drug-likeness (QED) is 0.841. The maximum Gasteiger partial charge on any atom is 0.128 e. The van der Waals surface area contributed by atoms with Crippen molar-refractivity contribution in [3.05, 3.63) is 41.3 Å². The van der Waals surface area contributed by atoms with Crippen molar-refractivity contribution in [3.63, 3.8) is 0 Å². The zero-order valence-electron chi connectivity index (χ0n) is 11.2. The van der Waals surface area contributed by atoms with E-state index < -0.39 is 0 Å². The van der Waals surface area contributed by atoms with E-state index in [9.17, 15) is 4.39 Å². The lowest BCUT2D eigenvalue weighted by Gasteiger charge is -2.14. The first-order valence-corrected chi connectivity index (χ1v) is 5.92. The average molecular weight is 247 g/mol. The van der Waals surface area contributed by atoms with Crippen molar-refractivity contribution < 1.29 is 4.39 Å². The van der Waals surface area contributed by atoms with Crippen molar-refractivity contribution in [2.45, 2.75) is 33.1 Å². The van der Waals surface area contributed by atoms with E-state index in [2.05, 4.69) is 25.9 Å². The van der Waals surface area contributed by atoms with Crippen LogP contribution >= 0.6 is 0 Å². The van der Waals surface area contributed by atoms with Crippen molar-refractivity contribution in [1.29, 1.82) is 0 Å². The second-order valence-corrected chi connectivity index (χ2v) is 5.50. The lowest BCUT2D eigenvalue weighted by molar-refractivity contribution is 0.559. The molecular weight excluding hydrogens is 229 g/mol. The number of hydrogen-bond donors (Lipinski definition) is 1. The van der Waals surface area contributed by atoms with Crippen LogP contribution in [-0.4, -0.2) is 9.78 Å². The summed E-state index contributed by atoms with van der Waals surface area (Å²) < 4.78 is 15.2. The van der Waals surface area contributed by atoms with Gasteiger partial charge in [0, 0.05) is 17.0 Å². The highest BCUT2D eigenvalue weighted by Crippen LogP contribution is 2.26. The van der Waals surface area contributed by atoms with Crippen LogP contribution in [0.3, 0.4) is 0 Å². The summed E-state index contributed by atoms with van der Waals surface area (Å²) >= 11 is 0. The van der Waals surface area contributed by atoms with Gasteiger partial charge in [-0.2, -0.15) is 5.10 Å². The van der Waals surface area contributed by atoms with E-state index in [1.54, 1.807) is 17.7 Å². The molecule has 96 valence electrons. The Labute approximate surface area is 106 Å². The zero-order valence-corrected chi connectivity index (χ0v) is 11.2. The molecule has 0 radical (unpaired) electrons. The summed E-state index contributed by atoms with van der Waals surface area (Å²) in [5, 5.41) is 4.48. The van der Waals surface area contributed by atoms with Crippen LogP contribution in [0.4, 0.5) is 10.2 Å².